The van der Waals surface area contributed by atoms with E-state index >= 15 is 0 Å². The Morgan fingerprint density at radius 3 is 2.70 bits per heavy atom. The molecular formula is C30H38N12O2. The van der Waals surface area contributed by atoms with Crippen LogP contribution in [0.25, 0.3) is 5.65 Å². The third kappa shape index (κ3) is 5.48. The van der Waals surface area contributed by atoms with Crippen LogP contribution in [0, 0.1) is 11.3 Å². The molecule has 0 radical (unpaired) electrons. The van der Waals surface area contributed by atoms with E-state index < -0.39 is 0 Å². The lowest BCUT2D eigenvalue weighted by Gasteiger charge is -2.50. The Balaban J connectivity index is 0.973. The number of hydrogen-bond donors (Lipinski definition) is 1. The van der Waals surface area contributed by atoms with E-state index in [0.29, 0.717) is 37.2 Å². The topological polar surface area (TPSA) is 138 Å². The lowest BCUT2D eigenvalue weighted by Crippen LogP contribution is -2.63. The van der Waals surface area contributed by atoms with E-state index in [1.54, 1.807) is 15.4 Å². The van der Waals surface area contributed by atoms with Gasteiger partial charge in [-0.15, -0.1) is 5.10 Å². The normalized spacial score (nSPS) is 19.2. The molecule has 4 aromatic rings. The monoisotopic (exact) mass is 598 g/mol. The van der Waals surface area contributed by atoms with Crippen molar-refractivity contribution in [2.45, 2.75) is 50.7 Å². The molecule has 0 saturated carbocycles. The summed E-state index contributed by atoms with van der Waals surface area (Å²) >= 11 is 0. The first-order valence-electron chi connectivity index (χ1n) is 15.4. The first-order valence-corrected chi connectivity index (χ1v) is 15.4. The van der Waals surface area contributed by atoms with Gasteiger partial charge in [0.15, 0.2) is 5.65 Å². The van der Waals surface area contributed by atoms with Crippen LogP contribution in [0.15, 0.2) is 43.1 Å². The summed E-state index contributed by atoms with van der Waals surface area (Å²) in [5.41, 5.74) is 3.18. The highest BCUT2D eigenvalue weighted by atomic mass is 16.5. The number of amides is 1. The molecule has 3 aliphatic heterocycles. The quantitative estimate of drug-likeness (QED) is 0.304. The van der Waals surface area contributed by atoms with E-state index in [2.05, 4.69) is 49.6 Å². The molecule has 0 atom stereocenters. The SMILES string of the molecule is CCc1cnn(C2(CC#N)CN(c3cccn4nc(Nc5cnn(CC(=O)N6CCC(N7CCOCC7)CC6)c5)nc34)C2)c1. The summed E-state index contributed by atoms with van der Waals surface area (Å²) in [5, 5.41) is 26.4. The number of fused-ring (bicyclic) bond motifs is 1. The van der Waals surface area contributed by atoms with Gasteiger partial charge in [-0.1, -0.05) is 6.92 Å². The van der Waals surface area contributed by atoms with Gasteiger partial charge in [-0.25, -0.2) is 4.52 Å². The van der Waals surface area contributed by atoms with Crippen molar-refractivity contribution in [1.29, 1.82) is 5.26 Å². The van der Waals surface area contributed by atoms with E-state index in [0.717, 1.165) is 75.6 Å². The molecule has 3 fully saturated rings. The number of aromatic nitrogens is 7. The second-order valence-electron chi connectivity index (χ2n) is 12.0. The lowest BCUT2D eigenvalue weighted by atomic mass is 9.86. The summed E-state index contributed by atoms with van der Waals surface area (Å²) in [4.78, 5) is 24.5. The number of hydrogen-bond acceptors (Lipinski definition) is 10. The van der Waals surface area contributed by atoms with Crippen molar-refractivity contribution in [3.8, 4) is 6.07 Å². The Labute approximate surface area is 255 Å². The van der Waals surface area contributed by atoms with Crippen LogP contribution < -0.4 is 10.2 Å². The van der Waals surface area contributed by atoms with Crippen LogP contribution >= 0.6 is 0 Å². The molecule has 0 aromatic carbocycles. The minimum absolute atomic E-state index is 0.0821. The predicted molar refractivity (Wildman–Crippen MR) is 163 cm³/mol. The Bertz CT molecular complexity index is 1650. The highest BCUT2D eigenvalue weighted by Crippen LogP contribution is 2.37. The van der Waals surface area contributed by atoms with Gasteiger partial charge in [-0.3, -0.25) is 19.1 Å². The summed E-state index contributed by atoms with van der Waals surface area (Å²) in [6, 6.07) is 6.86. The summed E-state index contributed by atoms with van der Waals surface area (Å²) in [5.74, 6) is 0.524. The van der Waals surface area contributed by atoms with E-state index in [4.69, 9.17) is 9.72 Å². The Kier molecular flexibility index (Phi) is 7.65. The van der Waals surface area contributed by atoms with Crippen molar-refractivity contribution in [3.63, 3.8) is 0 Å². The number of nitrogens with zero attached hydrogens (tertiary/aromatic N) is 11. The Morgan fingerprint density at radius 1 is 1.14 bits per heavy atom. The number of likely N-dealkylation sites (tertiary alicyclic amines) is 1. The van der Waals surface area contributed by atoms with Gasteiger partial charge in [-0.05, 0) is 37.0 Å². The molecule has 7 rings (SSSR count). The average molecular weight is 599 g/mol. The number of aryl methyl sites for hydroxylation is 1. The first kappa shape index (κ1) is 28.3. The number of morpholine rings is 1. The number of nitriles is 1. The molecule has 0 spiro atoms. The molecule has 0 bridgehead atoms. The number of nitrogens with one attached hydrogen (secondary N) is 1. The van der Waals surface area contributed by atoms with Crippen LogP contribution in [0.1, 0.15) is 31.7 Å². The van der Waals surface area contributed by atoms with Crippen LogP contribution in [-0.4, -0.2) is 108 Å². The van der Waals surface area contributed by atoms with Crippen LogP contribution in [0.4, 0.5) is 17.3 Å². The summed E-state index contributed by atoms with van der Waals surface area (Å²) in [6.07, 6.45) is 12.6. The number of anilines is 3. The number of pyridine rings is 1. The number of piperidine rings is 1. The average Bonchev–Trinajstić information content (AvgIpc) is 3.79. The summed E-state index contributed by atoms with van der Waals surface area (Å²) in [6.45, 7) is 8.74. The zero-order valence-electron chi connectivity index (χ0n) is 25.0. The van der Waals surface area contributed by atoms with Gasteiger partial charge < -0.3 is 19.9 Å². The van der Waals surface area contributed by atoms with Gasteiger partial charge in [0.2, 0.25) is 11.9 Å². The Morgan fingerprint density at radius 2 is 1.95 bits per heavy atom. The van der Waals surface area contributed by atoms with E-state index in [9.17, 15) is 10.1 Å². The fourth-order valence-electron chi connectivity index (χ4n) is 6.62. The zero-order valence-corrected chi connectivity index (χ0v) is 25.0. The smallest absolute Gasteiger partial charge is 0.247 e. The van der Waals surface area contributed by atoms with E-state index in [1.165, 1.54) is 0 Å². The first-order chi connectivity index (χ1) is 21.5. The number of rotatable bonds is 9. The summed E-state index contributed by atoms with van der Waals surface area (Å²) in [7, 11) is 0. The second-order valence-corrected chi connectivity index (χ2v) is 12.0. The Hall–Kier alpha value is -4.48. The summed E-state index contributed by atoms with van der Waals surface area (Å²) < 4.78 is 10.8. The van der Waals surface area contributed by atoms with Crippen molar-refractivity contribution in [2.75, 3.05) is 62.7 Å². The molecule has 0 aliphatic carbocycles. The predicted octanol–water partition coefficient (Wildman–Crippen LogP) is 1.88. The van der Waals surface area contributed by atoms with Crippen LogP contribution in [0.3, 0.4) is 0 Å². The van der Waals surface area contributed by atoms with Gasteiger partial charge >= 0.3 is 0 Å². The minimum atomic E-state index is -0.360. The number of carbonyl (C=O) groups is 1. The maximum Gasteiger partial charge on any atom is 0.247 e. The lowest BCUT2D eigenvalue weighted by molar-refractivity contribution is -0.133. The molecule has 14 nitrogen and oxygen atoms in total. The van der Waals surface area contributed by atoms with Crippen molar-refractivity contribution >= 4 is 28.9 Å². The maximum atomic E-state index is 13.0. The second kappa shape index (κ2) is 11.9. The molecule has 1 amide bonds. The van der Waals surface area contributed by atoms with Crippen molar-refractivity contribution in [2.24, 2.45) is 0 Å². The van der Waals surface area contributed by atoms with Gasteiger partial charge in [0.25, 0.3) is 0 Å². The van der Waals surface area contributed by atoms with Gasteiger partial charge in [0, 0.05) is 63.9 Å². The third-order valence-corrected chi connectivity index (χ3v) is 9.16. The molecule has 14 heteroatoms. The zero-order chi connectivity index (χ0) is 30.1. The molecule has 4 aromatic heterocycles. The van der Waals surface area contributed by atoms with Crippen LogP contribution in [0.5, 0.6) is 0 Å². The molecule has 230 valence electrons. The molecule has 3 aliphatic rings. The van der Waals surface area contributed by atoms with Crippen LogP contribution in [0.2, 0.25) is 0 Å². The maximum absolute atomic E-state index is 13.0. The largest absolute Gasteiger partial charge is 0.379 e. The van der Waals surface area contributed by atoms with Gasteiger partial charge in [0.05, 0.1) is 49.5 Å². The van der Waals surface area contributed by atoms with E-state index in [-0.39, 0.29) is 18.0 Å². The fraction of sp³-hybridized carbons (Fsp3) is 0.533. The third-order valence-electron chi connectivity index (χ3n) is 9.16. The van der Waals surface area contributed by atoms with Gasteiger partial charge in [-0.2, -0.15) is 20.4 Å². The highest BCUT2D eigenvalue weighted by Gasteiger charge is 2.46. The minimum Gasteiger partial charge on any atom is -0.379 e. The molecular weight excluding hydrogens is 560 g/mol. The van der Waals surface area contributed by atoms with E-state index in [1.807, 2.05) is 40.3 Å². The van der Waals surface area contributed by atoms with Crippen LogP contribution in [-0.2, 0) is 28.0 Å². The molecule has 1 N–H and O–H groups in total. The number of carbonyl (C=O) groups excluding carboxylic acids is 1. The van der Waals surface area contributed by atoms with Crippen molar-refractivity contribution in [1.82, 2.24) is 44.0 Å². The van der Waals surface area contributed by atoms with Crippen molar-refractivity contribution in [3.05, 3.63) is 48.7 Å². The van der Waals surface area contributed by atoms with Crippen molar-refractivity contribution < 1.29 is 9.53 Å². The molecule has 3 saturated heterocycles. The number of ether oxygens (including phenoxy) is 1. The molecule has 0 unspecified atom stereocenters. The van der Waals surface area contributed by atoms with Gasteiger partial charge in [0.1, 0.15) is 12.1 Å². The molecule has 7 heterocycles. The standard InChI is InChI=1S/C30H38N12O2/c1-2-23-16-33-42(18-23)30(7-8-31)21-39(22-30)26-4-3-9-41-28(26)35-29(36-41)34-24-17-32-40(19-24)20-27(43)38-10-5-25(6-11-38)37-12-14-44-15-13-37/h3-4,9,16-19,25H,2,5-7,10-15,20-22H2,1H3,(H,34,36). The fourth-order valence-corrected chi connectivity index (χ4v) is 6.62. The molecule has 44 heavy (non-hydrogen) atoms. The highest BCUT2D eigenvalue weighted by molar-refractivity contribution is 5.76.